The summed E-state index contributed by atoms with van der Waals surface area (Å²) in [5, 5.41) is 10.4. The first kappa shape index (κ1) is 15.8. The van der Waals surface area contributed by atoms with Crippen LogP contribution < -0.4 is 9.84 Å². The second-order valence-corrected chi connectivity index (χ2v) is 4.91. The van der Waals surface area contributed by atoms with E-state index < -0.39 is 18.3 Å². The predicted molar refractivity (Wildman–Crippen MR) is 74.7 cm³/mol. The number of carbonyl (C=O) groups is 3. The molecule has 7 nitrogen and oxygen atoms in total. The van der Waals surface area contributed by atoms with Crippen LogP contribution in [0, 0.1) is 0 Å². The SMILES string of the molecule is O=C([O-])CC(=O)N1CCN(C(=O)COc2ccccc2)CC1. The largest absolute Gasteiger partial charge is 0.550 e. The minimum absolute atomic E-state index is 0.0585. The van der Waals surface area contributed by atoms with Gasteiger partial charge in [0.05, 0.1) is 12.4 Å². The first-order valence-corrected chi connectivity index (χ1v) is 6.99. The lowest BCUT2D eigenvalue weighted by atomic mass is 10.2. The molecular formula is C15H17N2O5-. The number of piperazine rings is 1. The number of hydrogen-bond acceptors (Lipinski definition) is 5. The summed E-state index contributed by atoms with van der Waals surface area (Å²) in [7, 11) is 0. The molecular weight excluding hydrogens is 288 g/mol. The second-order valence-electron chi connectivity index (χ2n) is 4.91. The summed E-state index contributed by atoms with van der Waals surface area (Å²) in [6.45, 7) is 1.33. The van der Waals surface area contributed by atoms with E-state index in [2.05, 4.69) is 0 Å². The van der Waals surface area contributed by atoms with Gasteiger partial charge >= 0.3 is 0 Å². The molecule has 22 heavy (non-hydrogen) atoms. The molecule has 0 aromatic heterocycles. The van der Waals surface area contributed by atoms with Gasteiger partial charge in [0.15, 0.2) is 6.61 Å². The topological polar surface area (TPSA) is 90.0 Å². The van der Waals surface area contributed by atoms with Crippen LogP contribution in [-0.2, 0) is 14.4 Å². The number of para-hydroxylation sites is 1. The molecule has 0 N–H and O–H groups in total. The highest BCUT2D eigenvalue weighted by molar-refractivity contribution is 5.92. The van der Waals surface area contributed by atoms with Gasteiger partial charge in [-0.05, 0) is 12.1 Å². The summed E-state index contributed by atoms with van der Waals surface area (Å²) >= 11 is 0. The quantitative estimate of drug-likeness (QED) is 0.643. The first-order chi connectivity index (χ1) is 10.6. The average molecular weight is 305 g/mol. The van der Waals surface area contributed by atoms with Crippen molar-refractivity contribution in [2.24, 2.45) is 0 Å². The number of hydrogen-bond donors (Lipinski definition) is 0. The zero-order chi connectivity index (χ0) is 15.9. The Bertz CT molecular complexity index is 538. The van der Waals surface area contributed by atoms with Gasteiger partial charge in [-0.2, -0.15) is 0 Å². The van der Waals surface area contributed by atoms with Crippen molar-refractivity contribution in [1.82, 2.24) is 9.80 Å². The van der Waals surface area contributed by atoms with Gasteiger partial charge in [0.25, 0.3) is 5.91 Å². The number of carboxylic acid groups (broad SMARTS) is 1. The third-order valence-electron chi connectivity index (χ3n) is 3.39. The van der Waals surface area contributed by atoms with E-state index in [0.29, 0.717) is 31.9 Å². The molecule has 0 unspecified atom stereocenters. The fourth-order valence-electron chi connectivity index (χ4n) is 2.19. The maximum atomic E-state index is 12.0. The molecule has 0 saturated carbocycles. The molecule has 7 heteroatoms. The third-order valence-corrected chi connectivity index (χ3v) is 3.39. The number of benzene rings is 1. The van der Waals surface area contributed by atoms with Crippen LogP contribution >= 0.6 is 0 Å². The van der Waals surface area contributed by atoms with Crippen LogP contribution in [0.5, 0.6) is 5.75 Å². The van der Waals surface area contributed by atoms with Crippen molar-refractivity contribution in [3.63, 3.8) is 0 Å². The molecule has 0 spiro atoms. The van der Waals surface area contributed by atoms with Crippen LogP contribution in [0.1, 0.15) is 6.42 Å². The first-order valence-electron chi connectivity index (χ1n) is 6.99. The Morgan fingerprint density at radius 2 is 1.50 bits per heavy atom. The number of nitrogens with zero attached hydrogens (tertiary/aromatic N) is 2. The smallest absolute Gasteiger partial charge is 0.260 e. The number of ether oxygens (including phenoxy) is 1. The van der Waals surface area contributed by atoms with E-state index in [0.717, 1.165) is 0 Å². The van der Waals surface area contributed by atoms with E-state index >= 15 is 0 Å². The van der Waals surface area contributed by atoms with E-state index in [9.17, 15) is 19.5 Å². The molecule has 0 aliphatic carbocycles. The maximum absolute atomic E-state index is 12.0. The lowest BCUT2D eigenvalue weighted by Gasteiger charge is -2.34. The Morgan fingerprint density at radius 1 is 0.955 bits per heavy atom. The molecule has 1 aromatic carbocycles. The van der Waals surface area contributed by atoms with Gasteiger partial charge in [-0.15, -0.1) is 0 Å². The molecule has 0 atom stereocenters. The molecule has 0 radical (unpaired) electrons. The summed E-state index contributed by atoms with van der Waals surface area (Å²) in [5.74, 6) is -1.40. The highest BCUT2D eigenvalue weighted by Gasteiger charge is 2.24. The molecule has 1 aliphatic rings. The lowest BCUT2D eigenvalue weighted by molar-refractivity contribution is -0.304. The van der Waals surface area contributed by atoms with Crippen molar-refractivity contribution < 1.29 is 24.2 Å². The molecule has 1 saturated heterocycles. The van der Waals surface area contributed by atoms with E-state index in [-0.39, 0.29) is 12.5 Å². The van der Waals surface area contributed by atoms with E-state index in [4.69, 9.17) is 4.74 Å². The summed E-state index contributed by atoms with van der Waals surface area (Å²) in [4.78, 5) is 37.0. The monoisotopic (exact) mass is 305 g/mol. The van der Waals surface area contributed by atoms with Gasteiger partial charge in [0.2, 0.25) is 5.91 Å². The van der Waals surface area contributed by atoms with E-state index in [1.165, 1.54) is 4.90 Å². The molecule has 2 amide bonds. The highest BCUT2D eigenvalue weighted by Crippen LogP contribution is 2.09. The molecule has 1 aromatic rings. The highest BCUT2D eigenvalue weighted by atomic mass is 16.5. The summed E-state index contributed by atoms with van der Waals surface area (Å²) in [6, 6.07) is 9.04. The summed E-state index contributed by atoms with van der Waals surface area (Å²) in [5.41, 5.74) is 0. The number of rotatable bonds is 5. The van der Waals surface area contributed by atoms with Crippen molar-refractivity contribution in [2.45, 2.75) is 6.42 Å². The number of carboxylic acids is 1. The fraction of sp³-hybridized carbons (Fsp3) is 0.400. The second kappa shape index (κ2) is 7.44. The minimum Gasteiger partial charge on any atom is -0.550 e. The van der Waals surface area contributed by atoms with Crippen molar-refractivity contribution in [3.05, 3.63) is 30.3 Å². The van der Waals surface area contributed by atoms with Crippen molar-refractivity contribution in [3.8, 4) is 5.75 Å². The zero-order valence-electron chi connectivity index (χ0n) is 12.1. The van der Waals surface area contributed by atoms with Gasteiger partial charge in [0.1, 0.15) is 5.75 Å². The average Bonchev–Trinajstić information content (AvgIpc) is 2.53. The van der Waals surface area contributed by atoms with Crippen molar-refractivity contribution in [2.75, 3.05) is 32.8 Å². The zero-order valence-corrected chi connectivity index (χ0v) is 12.1. The van der Waals surface area contributed by atoms with Gasteiger partial charge in [0, 0.05) is 26.2 Å². The van der Waals surface area contributed by atoms with Crippen LogP contribution in [0.25, 0.3) is 0 Å². The number of carbonyl (C=O) groups excluding carboxylic acids is 3. The normalized spacial score (nSPS) is 14.5. The number of aliphatic carboxylic acids is 1. The minimum atomic E-state index is -1.39. The Morgan fingerprint density at radius 3 is 2.05 bits per heavy atom. The lowest BCUT2D eigenvalue weighted by Crippen LogP contribution is -2.52. The fourth-order valence-corrected chi connectivity index (χ4v) is 2.19. The van der Waals surface area contributed by atoms with E-state index in [1.807, 2.05) is 18.2 Å². The summed E-state index contributed by atoms with van der Waals surface area (Å²) in [6.07, 6.45) is -0.620. The Hall–Kier alpha value is -2.57. The van der Waals surface area contributed by atoms with Crippen LogP contribution in [0.2, 0.25) is 0 Å². The predicted octanol–water partition coefficient (Wildman–Crippen LogP) is -1.12. The molecule has 118 valence electrons. The van der Waals surface area contributed by atoms with Crippen LogP contribution in [-0.4, -0.2) is 60.4 Å². The molecule has 1 heterocycles. The molecule has 1 aliphatic heterocycles. The van der Waals surface area contributed by atoms with Gasteiger partial charge < -0.3 is 24.4 Å². The molecule has 1 fully saturated rings. The van der Waals surface area contributed by atoms with Gasteiger partial charge in [-0.25, -0.2) is 0 Å². The Kier molecular flexibility index (Phi) is 5.35. The maximum Gasteiger partial charge on any atom is 0.260 e. The Balaban J connectivity index is 1.75. The van der Waals surface area contributed by atoms with Crippen LogP contribution in [0.4, 0.5) is 0 Å². The standard InChI is InChI=1S/C15H18N2O5/c18-13(10-15(20)21)16-6-8-17(9-7-16)14(19)11-22-12-4-2-1-3-5-12/h1-5H,6-11H2,(H,20,21)/p-1. The summed E-state index contributed by atoms with van der Waals surface area (Å²) < 4.78 is 5.39. The van der Waals surface area contributed by atoms with E-state index in [1.54, 1.807) is 17.0 Å². The van der Waals surface area contributed by atoms with Crippen molar-refractivity contribution in [1.29, 1.82) is 0 Å². The van der Waals surface area contributed by atoms with Crippen molar-refractivity contribution >= 4 is 17.8 Å². The van der Waals surface area contributed by atoms with Crippen LogP contribution in [0.15, 0.2) is 30.3 Å². The molecule has 2 rings (SSSR count). The molecule has 0 bridgehead atoms. The number of amides is 2. The Labute approximate surface area is 128 Å². The van der Waals surface area contributed by atoms with Gasteiger partial charge in [-0.3, -0.25) is 9.59 Å². The third kappa shape index (κ3) is 4.47. The van der Waals surface area contributed by atoms with Crippen LogP contribution in [0.3, 0.4) is 0 Å². The van der Waals surface area contributed by atoms with Gasteiger partial charge in [-0.1, -0.05) is 18.2 Å².